The third-order valence-corrected chi connectivity index (χ3v) is 28.4. The zero-order valence-electron chi connectivity index (χ0n) is 62.3. The molecule has 0 fully saturated rings. The number of anilines is 5. The van der Waals surface area contributed by atoms with Crippen molar-refractivity contribution in [3.63, 3.8) is 0 Å². The number of fused-ring (bicyclic) bond motifs is 30. The van der Waals surface area contributed by atoms with Crippen LogP contribution in [0.1, 0.15) is 127 Å². The quantitative estimate of drug-likeness (QED) is 0.146. The summed E-state index contributed by atoms with van der Waals surface area (Å²) in [5.41, 5.74) is 35.0. The maximum atomic E-state index is 12.3. The van der Waals surface area contributed by atoms with Gasteiger partial charge >= 0.3 is 0 Å². The van der Waals surface area contributed by atoms with Gasteiger partial charge in [-0.15, -0.1) is 22.7 Å². The summed E-state index contributed by atoms with van der Waals surface area (Å²) in [6.45, 7) is 15.4. The average Bonchev–Trinajstić information content (AvgIpc) is 1.56. The fraction of sp³-hybridized carbons (Fsp3) is 0.293. The highest BCUT2D eigenvalue weighted by Crippen LogP contribution is 2.53. The smallest absolute Gasteiger partial charge is 0.163 e. The fourth-order valence-corrected chi connectivity index (χ4v) is 22.0. The number of nitrogens with zero attached hydrogens (tertiary/aromatic N) is 10. The van der Waals surface area contributed by atoms with E-state index in [4.69, 9.17) is 0 Å². The van der Waals surface area contributed by atoms with E-state index < -0.39 is 0 Å². The van der Waals surface area contributed by atoms with E-state index in [2.05, 4.69) is 321 Å². The van der Waals surface area contributed by atoms with Crippen LogP contribution in [-0.4, -0.2) is 96.4 Å². The molecule has 0 amide bonds. The lowest BCUT2D eigenvalue weighted by molar-refractivity contribution is 0.0956. The van der Waals surface area contributed by atoms with Crippen LogP contribution in [0.15, 0.2) is 217 Å². The lowest BCUT2D eigenvalue weighted by Crippen LogP contribution is -2.34. The standard InChI is InChI=1S/2C19H18N2.C18H22N2O.2C18H16N2S/c1-12-11-21-18-10-17-14(7-13-5-3-4-6-16(13)17)8-15(18)9-19(21)20(12)2;1-12-11-21-17-8-7-14-9-13-5-3-4-6-15(13)19(14)16(17)10-18(21)20(12)2;1-11-10-20-15-9-14-13(16(21)5-6-18(14,2)3)7-12(15)8-17(20)19(11)4;1-11-10-20-15-9-14-13-5-3-4-6-16(13)21-17(14)7-12(15)8-18(20)19(11)2;1-11-10-20-14-7-8-16-18(13(14)9-17(20)19(11)2)12-5-3-4-6-15(12)21-16/h3-6,8,10-11,19H,7,9H2,1-2H3;3-8,11,18H,9-10H2,1-2H3;7,9-10,17H,5-6,8H2,1-4H3;3-7,9-10,18H,8H2,1-2H3;3-8,10,17H,9H2,1-2H3. The van der Waals surface area contributed by atoms with Crippen molar-refractivity contribution in [2.75, 3.05) is 59.7 Å². The maximum absolute atomic E-state index is 12.3. The second-order valence-corrected chi connectivity index (χ2v) is 34.4. The highest BCUT2D eigenvalue weighted by Gasteiger charge is 2.44. The number of hydrogen-bond donors (Lipinski definition) is 0. The number of carbonyl (C=O) groups is 1. The number of Topliss-reactive ketones (excluding diaryl/α,β-unsaturated/α-hetero) is 1. The van der Waals surface area contributed by atoms with Gasteiger partial charge in [0.1, 0.15) is 30.8 Å². The first kappa shape index (κ1) is 64.4. The van der Waals surface area contributed by atoms with E-state index in [9.17, 15) is 4.79 Å². The van der Waals surface area contributed by atoms with Gasteiger partial charge in [-0.2, -0.15) is 0 Å². The molecule has 11 nitrogen and oxygen atoms in total. The molecule has 13 aliphatic rings. The minimum atomic E-state index is 0.0980. The van der Waals surface area contributed by atoms with Gasteiger partial charge in [-0.25, -0.2) is 0 Å². The third-order valence-electron chi connectivity index (χ3n) is 26.1. The maximum Gasteiger partial charge on any atom is 0.163 e. The van der Waals surface area contributed by atoms with Crippen molar-refractivity contribution in [2.45, 2.75) is 142 Å². The Kier molecular flexibility index (Phi) is 14.5. The van der Waals surface area contributed by atoms with Crippen LogP contribution < -0.4 is 24.5 Å². The number of likely N-dealkylation sites (N-methyl/N-ethyl adjacent to an activating group) is 5. The molecule has 12 heterocycles. The van der Waals surface area contributed by atoms with Crippen LogP contribution in [0.5, 0.6) is 0 Å². The van der Waals surface area contributed by atoms with E-state index in [1.807, 2.05) is 22.7 Å². The van der Waals surface area contributed by atoms with Gasteiger partial charge in [0.25, 0.3) is 0 Å². The average molecular weight is 1420 g/mol. The zero-order chi connectivity index (χ0) is 71.5. The van der Waals surface area contributed by atoms with Crippen molar-refractivity contribution in [3.8, 4) is 22.3 Å². The van der Waals surface area contributed by atoms with Crippen LogP contribution >= 0.6 is 22.7 Å². The first-order chi connectivity index (χ1) is 50.8. The van der Waals surface area contributed by atoms with Crippen molar-refractivity contribution < 1.29 is 4.79 Å². The minimum Gasteiger partial charge on any atom is -0.356 e. The van der Waals surface area contributed by atoms with E-state index in [0.29, 0.717) is 43.0 Å². The molecular weight excluding hydrogens is 1330 g/mol. The first-order valence-corrected chi connectivity index (χ1v) is 39.5. The molecule has 526 valence electrons. The summed E-state index contributed by atoms with van der Waals surface area (Å²) in [7, 11) is 10.9. The molecule has 5 unspecified atom stereocenters. The molecule has 2 aromatic heterocycles. The molecule has 10 aliphatic heterocycles. The Morgan fingerprint density at radius 3 is 1.44 bits per heavy atom. The SMILES string of the molecule is CC1=CN2c3cc4c(cc3CC2N1C)C(=O)CCC4(C)C.CC1=CN2c3cc4c(cc3CC2N1C)Cc1ccccc1-4.CC1=CN2c3cc4c(cc3CC2N1C)sc1ccccc14.CC1=CN2c3ccc4c(c3CC2N1C)-c1ccccc1C4.CC1=CN2c3ccc4sc5ccccc5c4c3CC2N1C. The van der Waals surface area contributed by atoms with Crippen LogP contribution in [0.4, 0.5) is 28.4 Å². The molecule has 0 saturated carbocycles. The van der Waals surface area contributed by atoms with Crippen molar-refractivity contribution in [3.05, 3.63) is 278 Å². The Hall–Kier alpha value is -10.2. The highest BCUT2D eigenvalue weighted by molar-refractivity contribution is 7.26. The summed E-state index contributed by atoms with van der Waals surface area (Å²) in [4.78, 5) is 36.3. The van der Waals surface area contributed by atoms with E-state index >= 15 is 0 Å². The van der Waals surface area contributed by atoms with Gasteiger partial charge in [0.15, 0.2) is 5.78 Å². The van der Waals surface area contributed by atoms with E-state index in [1.165, 1.54) is 175 Å². The summed E-state index contributed by atoms with van der Waals surface area (Å²) in [6, 6.07) is 58.6. The lowest BCUT2D eigenvalue weighted by Gasteiger charge is -2.32. The van der Waals surface area contributed by atoms with Crippen LogP contribution in [0.25, 0.3) is 62.6 Å². The number of ketones is 1. The monoisotopic (exact) mass is 1410 g/mol. The summed E-state index contributed by atoms with van der Waals surface area (Å²) >= 11 is 3.82. The summed E-state index contributed by atoms with van der Waals surface area (Å²) in [6.07, 6.45) is 23.0. The molecular formula is C92H90N10OS2. The Morgan fingerprint density at radius 1 is 0.352 bits per heavy atom. The van der Waals surface area contributed by atoms with Crippen LogP contribution in [0.2, 0.25) is 0 Å². The topological polar surface area (TPSA) is 49.5 Å². The Labute approximate surface area is 625 Å². The molecule has 0 bridgehead atoms. The number of benzene rings is 9. The largest absolute Gasteiger partial charge is 0.356 e. The normalized spacial score (nSPS) is 21.7. The third kappa shape index (κ3) is 9.81. The van der Waals surface area contributed by atoms with Gasteiger partial charge in [0.05, 0.1) is 0 Å². The molecule has 0 N–H and O–H groups in total. The molecule has 0 radical (unpaired) electrons. The summed E-state index contributed by atoms with van der Waals surface area (Å²) < 4.78 is 5.62. The molecule has 0 saturated heterocycles. The predicted octanol–water partition coefficient (Wildman–Crippen LogP) is 20.0. The van der Waals surface area contributed by atoms with Gasteiger partial charge in [0.2, 0.25) is 0 Å². The van der Waals surface area contributed by atoms with Crippen molar-refractivity contribution >= 4 is 97.2 Å². The summed E-state index contributed by atoms with van der Waals surface area (Å²) in [5.74, 6) is 0.319. The highest BCUT2D eigenvalue weighted by atomic mass is 32.1. The minimum absolute atomic E-state index is 0.0980. The number of hydrogen-bond acceptors (Lipinski definition) is 13. The molecule has 105 heavy (non-hydrogen) atoms. The second kappa shape index (κ2) is 23.6. The number of thiophene rings is 2. The van der Waals surface area contributed by atoms with Gasteiger partial charge in [-0.1, -0.05) is 111 Å². The van der Waals surface area contributed by atoms with E-state index in [0.717, 1.165) is 56.9 Å². The van der Waals surface area contributed by atoms with Crippen molar-refractivity contribution in [1.82, 2.24) is 24.5 Å². The summed E-state index contributed by atoms with van der Waals surface area (Å²) in [5, 5.41) is 5.67. The molecule has 11 aromatic rings. The number of rotatable bonds is 0. The van der Waals surface area contributed by atoms with E-state index in [-0.39, 0.29) is 5.41 Å². The molecule has 9 aromatic carbocycles. The Balaban J connectivity index is 0.0000000872. The molecule has 13 heteroatoms. The predicted molar refractivity (Wildman–Crippen MR) is 439 cm³/mol. The van der Waals surface area contributed by atoms with Crippen molar-refractivity contribution in [2.24, 2.45) is 0 Å². The Morgan fingerprint density at radius 2 is 0.810 bits per heavy atom. The van der Waals surface area contributed by atoms with Gasteiger partial charge in [-0.05, 0) is 198 Å². The van der Waals surface area contributed by atoms with Crippen LogP contribution in [-0.2, 0) is 50.4 Å². The number of carbonyl (C=O) groups excluding carboxylic acids is 1. The van der Waals surface area contributed by atoms with Gasteiger partial charge in [-0.3, -0.25) is 4.79 Å². The molecule has 5 atom stereocenters. The lowest BCUT2D eigenvalue weighted by atomic mass is 9.71. The van der Waals surface area contributed by atoms with Gasteiger partial charge in [0, 0.05) is 208 Å². The second-order valence-electron chi connectivity index (χ2n) is 32.2. The van der Waals surface area contributed by atoms with E-state index in [1.54, 1.807) is 0 Å². The Bertz CT molecular complexity index is 5740. The van der Waals surface area contributed by atoms with Crippen LogP contribution in [0.3, 0.4) is 0 Å². The molecule has 3 aliphatic carbocycles. The van der Waals surface area contributed by atoms with Crippen LogP contribution in [0, 0.1) is 0 Å². The molecule has 24 rings (SSSR count). The first-order valence-electron chi connectivity index (χ1n) is 37.8. The van der Waals surface area contributed by atoms with Gasteiger partial charge < -0.3 is 49.0 Å². The fourth-order valence-electron chi connectivity index (χ4n) is 19.7. The number of allylic oxidation sites excluding steroid dienone is 5. The van der Waals surface area contributed by atoms with Crippen molar-refractivity contribution in [1.29, 1.82) is 0 Å². The molecule has 0 spiro atoms. The zero-order valence-corrected chi connectivity index (χ0v) is 64.0.